The highest BCUT2D eigenvalue weighted by atomic mass is 16.4. The van der Waals surface area contributed by atoms with Crippen molar-refractivity contribution in [2.75, 3.05) is 13.1 Å². The number of piperidine rings is 1. The SMILES string of the molecule is O=CN1CCC(C(=O)c2nnc(-c3cccnc3)o2)CC1. The van der Waals surface area contributed by atoms with Gasteiger partial charge in [-0.2, -0.15) is 0 Å². The maximum Gasteiger partial charge on any atom is 0.284 e. The molecule has 1 fully saturated rings. The molecule has 0 saturated carbocycles. The van der Waals surface area contributed by atoms with Crippen molar-refractivity contribution in [1.82, 2.24) is 20.1 Å². The number of likely N-dealkylation sites (tertiary alicyclic amines) is 1. The van der Waals surface area contributed by atoms with E-state index in [0.717, 1.165) is 6.41 Å². The lowest BCUT2D eigenvalue weighted by molar-refractivity contribution is -0.119. The van der Waals surface area contributed by atoms with Crippen LogP contribution in [-0.4, -0.2) is 45.4 Å². The molecule has 0 N–H and O–H groups in total. The molecule has 1 aliphatic rings. The van der Waals surface area contributed by atoms with Gasteiger partial charge in [0.05, 0.1) is 5.56 Å². The van der Waals surface area contributed by atoms with E-state index in [1.165, 1.54) is 0 Å². The number of rotatable bonds is 4. The predicted molar refractivity (Wildman–Crippen MR) is 72.2 cm³/mol. The van der Waals surface area contributed by atoms with Crippen LogP contribution in [0.5, 0.6) is 0 Å². The van der Waals surface area contributed by atoms with E-state index >= 15 is 0 Å². The van der Waals surface area contributed by atoms with Crippen molar-refractivity contribution in [1.29, 1.82) is 0 Å². The number of aromatic nitrogens is 3. The molecule has 0 aliphatic carbocycles. The summed E-state index contributed by atoms with van der Waals surface area (Å²) in [7, 11) is 0. The second-order valence-electron chi connectivity index (χ2n) is 4.93. The molecule has 0 spiro atoms. The molecule has 3 rings (SSSR count). The molecule has 0 radical (unpaired) electrons. The second-order valence-corrected chi connectivity index (χ2v) is 4.93. The molecule has 0 unspecified atom stereocenters. The van der Waals surface area contributed by atoms with Crippen LogP contribution >= 0.6 is 0 Å². The van der Waals surface area contributed by atoms with Crippen molar-refractivity contribution in [3.8, 4) is 11.5 Å². The third kappa shape index (κ3) is 2.81. The Morgan fingerprint density at radius 2 is 2.14 bits per heavy atom. The van der Waals surface area contributed by atoms with E-state index in [9.17, 15) is 9.59 Å². The Morgan fingerprint density at radius 1 is 1.33 bits per heavy atom. The number of amides is 1. The van der Waals surface area contributed by atoms with Crippen molar-refractivity contribution < 1.29 is 14.0 Å². The topological polar surface area (TPSA) is 89.2 Å². The zero-order valence-electron chi connectivity index (χ0n) is 11.3. The zero-order valence-corrected chi connectivity index (χ0v) is 11.3. The third-order valence-electron chi connectivity index (χ3n) is 3.59. The van der Waals surface area contributed by atoms with Gasteiger partial charge < -0.3 is 9.32 Å². The first-order valence-electron chi connectivity index (χ1n) is 6.75. The average Bonchev–Trinajstić information content (AvgIpc) is 3.05. The average molecular weight is 286 g/mol. The van der Waals surface area contributed by atoms with E-state index in [0.29, 0.717) is 31.5 Å². The molecular formula is C14H14N4O3. The number of carbonyl (C=O) groups is 2. The smallest absolute Gasteiger partial charge is 0.284 e. The van der Waals surface area contributed by atoms with Gasteiger partial charge in [-0.05, 0) is 25.0 Å². The fraction of sp³-hybridized carbons (Fsp3) is 0.357. The van der Waals surface area contributed by atoms with Gasteiger partial charge in [-0.15, -0.1) is 10.2 Å². The number of hydrogen-bond donors (Lipinski definition) is 0. The third-order valence-corrected chi connectivity index (χ3v) is 3.59. The van der Waals surface area contributed by atoms with Gasteiger partial charge in [-0.3, -0.25) is 14.6 Å². The van der Waals surface area contributed by atoms with Crippen LogP contribution in [-0.2, 0) is 4.79 Å². The summed E-state index contributed by atoms with van der Waals surface area (Å²) in [5, 5.41) is 7.72. The lowest BCUT2D eigenvalue weighted by atomic mass is 9.93. The Kier molecular flexibility index (Phi) is 3.72. The summed E-state index contributed by atoms with van der Waals surface area (Å²) in [5.74, 6) is 0.00164. The summed E-state index contributed by atoms with van der Waals surface area (Å²) < 4.78 is 5.44. The number of nitrogens with zero attached hydrogens (tertiary/aromatic N) is 4. The Bertz CT molecular complexity index is 633. The van der Waals surface area contributed by atoms with E-state index in [-0.39, 0.29) is 23.5 Å². The predicted octanol–water partition coefficient (Wildman–Crippen LogP) is 1.18. The number of Topliss-reactive ketones (excluding diaryl/α,β-unsaturated/α-hetero) is 1. The standard InChI is InChI=1S/C14H14N4O3/c19-9-18-6-3-10(4-7-18)12(20)14-17-16-13(21-14)11-2-1-5-15-8-11/h1-2,5,8-10H,3-4,6-7H2. The van der Waals surface area contributed by atoms with Crippen molar-refractivity contribution >= 4 is 12.2 Å². The van der Waals surface area contributed by atoms with Crippen LogP contribution in [0.3, 0.4) is 0 Å². The molecule has 0 atom stereocenters. The second kappa shape index (κ2) is 5.82. The molecule has 1 saturated heterocycles. The Hall–Kier alpha value is -2.57. The normalized spacial score (nSPS) is 15.9. The summed E-state index contributed by atoms with van der Waals surface area (Å²) in [5.41, 5.74) is 0.680. The lowest BCUT2D eigenvalue weighted by Crippen LogP contribution is -2.35. The largest absolute Gasteiger partial charge is 0.414 e. The zero-order chi connectivity index (χ0) is 14.7. The number of pyridine rings is 1. The monoisotopic (exact) mass is 286 g/mol. The van der Waals surface area contributed by atoms with E-state index in [1.807, 2.05) is 0 Å². The van der Waals surface area contributed by atoms with E-state index < -0.39 is 0 Å². The van der Waals surface area contributed by atoms with Gasteiger partial charge in [0.2, 0.25) is 18.1 Å². The molecule has 21 heavy (non-hydrogen) atoms. The van der Waals surface area contributed by atoms with E-state index in [2.05, 4.69) is 15.2 Å². The minimum atomic E-state index is -0.164. The molecule has 0 aromatic carbocycles. The summed E-state index contributed by atoms with van der Waals surface area (Å²) in [6, 6.07) is 3.55. The summed E-state index contributed by atoms with van der Waals surface area (Å²) in [4.78, 5) is 28.6. The van der Waals surface area contributed by atoms with Gasteiger partial charge in [0.25, 0.3) is 5.89 Å². The molecule has 3 heterocycles. The molecule has 7 nitrogen and oxygen atoms in total. The highest BCUT2D eigenvalue weighted by Gasteiger charge is 2.29. The first-order chi connectivity index (χ1) is 10.3. The van der Waals surface area contributed by atoms with Gasteiger partial charge in [0, 0.05) is 31.4 Å². The first-order valence-corrected chi connectivity index (χ1v) is 6.75. The van der Waals surface area contributed by atoms with Crippen LogP contribution in [0.2, 0.25) is 0 Å². The van der Waals surface area contributed by atoms with Crippen molar-refractivity contribution in [3.63, 3.8) is 0 Å². The van der Waals surface area contributed by atoms with Crippen molar-refractivity contribution in [2.45, 2.75) is 12.8 Å². The molecule has 2 aromatic rings. The number of hydrogen-bond acceptors (Lipinski definition) is 6. The summed E-state index contributed by atoms with van der Waals surface area (Å²) >= 11 is 0. The Balaban J connectivity index is 1.72. The van der Waals surface area contributed by atoms with Crippen LogP contribution in [0.4, 0.5) is 0 Å². The van der Waals surface area contributed by atoms with Crippen LogP contribution in [0.15, 0.2) is 28.9 Å². The minimum Gasteiger partial charge on any atom is -0.414 e. The van der Waals surface area contributed by atoms with Crippen LogP contribution in [0, 0.1) is 5.92 Å². The highest BCUT2D eigenvalue weighted by Crippen LogP contribution is 2.22. The summed E-state index contributed by atoms with van der Waals surface area (Å²) in [6.45, 7) is 1.17. The molecular weight excluding hydrogens is 272 g/mol. The first kappa shape index (κ1) is 13.4. The molecule has 0 bridgehead atoms. The van der Waals surface area contributed by atoms with Crippen molar-refractivity contribution in [3.05, 3.63) is 30.4 Å². The van der Waals surface area contributed by atoms with Crippen LogP contribution in [0.1, 0.15) is 23.5 Å². The summed E-state index contributed by atoms with van der Waals surface area (Å²) in [6.07, 6.45) is 5.31. The fourth-order valence-corrected chi connectivity index (χ4v) is 2.37. The molecule has 108 valence electrons. The quantitative estimate of drug-likeness (QED) is 0.619. The Morgan fingerprint density at radius 3 is 2.81 bits per heavy atom. The molecule has 2 aromatic heterocycles. The van der Waals surface area contributed by atoms with Gasteiger partial charge >= 0.3 is 0 Å². The van der Waals surface area contributed by atoms with E-state index in [4.69, 9.17) is 4.42 Å². The van der Waals surface area contributed by atoms with Gasteiger partial charge in [-0.25, -0.2) is 0 Å². The minimum absolute atomic E-state index is 0.0263. The molecule has 1 amide bonds. The lowest BCUT2D eigenvalue weighted by Gasteiger charge is -2.27. The number of ketones is 1. The van der Waals surface area contributed by atoms with Crippen molar-refractivity contribution in [2.24, 2.45) is 5.92 Å². The maximum atomic E-state index is 12.3. The van der Waals surface area contributed by atoms with Gasteiger partial charge in [-0.1, -0.05) is 0 Å². The van der Waals surface area contributed by atoms with E-state index in [1.54, 1.807) is 29.4 Å². The van der Waals surface area contributed by atoms with Crippen LogP contribution < -0.4 is 0 Å². The maximum absolute atomic E-state index is 12.3. The van der Waals surface area contributed by atoms with Gasteiger partial charge in [0.1, 0.15) is 0 Å². The molecule has 1 aliphatic heterocycles. The van der Waals surface area contributed by atoms with Crippen LogP contribution in [0.25, 0.3) is 11.5 Å². The van der Waals surface area contributed by atoms with Gasteiger partial charge in [0.15, 0.2) is 0 Å². The Labute approximate surface area is 121 Å². The molecule has 7 heteroatoms. The fourth-order valence-electron chi connectivity index (χ4n) is 2.37. The number of carbonyl (C=O) groups excluding carboxylic acids is 2. The highest BCUT2D eigenvalue weighted by molar-refractivity contribution is 5.93.